The first-order valence-corrected chi connectivity index (χ1v) is 5.47. The smallest absolute Gasteiger partial charge is 0.0697 e. The van der Waals surface area contributed by atoms with Gasteiger partial charge >= 0.3 is 0 Å². The predicted molar refractivity (Wildman–Crippen MR) is 65.4 cm³/mol. The minimum absolute atomic E-state index is 0.287. The number of nitrogens with zero attached hydrogens (tertiary/aromatic N) is 1. The summed E-state index contributed by atoms with van der Waals surface area (Å²) in [5.41, 5.74) is 7.98. The van der Waals surface area contributed by atoms with E-state index in [0.717, 1.165) is 21.6 Å². The Balaban J connectivity index is 2.75. The van der Waals surface area contributed by atoms with E-state index in [1.807, 2.05) is 25.2 Å². The summed E-state index contributed by atoms with van der Waals surface area (Å²) in [5, 5.41) is 1.95. The van der Waals surface area contributed by atoms with Crippen molar-refractivity contribution in [3.63, 3.8) is 0 Å². The highest BCUT2D eigenvalue weighted by molar-refractivity contribution is 6.36. The van der Waals surface area contributed by atoms with Crippen molar-refractivity contribution < 1.29 is 0 Å². The summed E-state index contributed by atoms with van der Waals surface area (Å²) in [6.07, 6.45) is 0. The Morgan fingerprint density at radius 1 is 1.40 bits per heavy atom. The van der Waals surface area contributed by atoms with Gasteiger partial charge in [-0.3, -0.25) is 0 Å². The van der Waals surface area contributed by atoms with E-state index in [0.29, 0.717) is 6.54 Å². The van der Waals surface area contributed by atoms with E-state index in [4.69, 9.17) is 17.3 Å². The van der Waals surface area contributed by atoms with Crippen LogP contribution >= 0.6 is 11.6 Å². The Morgan fingerprint density at radius 3 is 2.67 bits per heavy atom. The average Bonchev–Trinajstić information content (AvgIpc) is 2.52. The molecule has 2 aromatic rings. The fourth-order valence-electron chi connectivity index (χ4n) is 2.03. The Morgan fingerprint density at radius 2 is 2.07 bits per heavy atom. The summed E-state index contributed by atoms with van der Waals surface area (Å²) >= 11 is 6.36. The average molecular weight is 223 g/mol. The molecule has 15 heavy (non-hydrogen) atoms. The number of nitrogens with two attached hydrogens (primary N) is 1. The summed E-state index contributed by atoms with van der Waals surface area (Å²) in [7, 11) is 2.04. The van der Waals surface area contributed by atoms with Crippen LogP contribution in [0.2, 0.25) is 5.02 Å². The van der Waals surface area contributed by atoms with Crippen LogP contribution in [0.5, 0.6) is 0 Å². The third kappa shape index (κ3) is 1.54. The van der Waals surface area contributed by atoms with Gasteiger partial charge in [0, 0.05) is 36.1 Å². The maximum Gasteiger partial charge on any atom is 0.0697 e. The van der Waals surface area contributed by atoms with E-state index in [1.54, 1.807) is 0 Å². The molecule has 1 aromatic carbocycles. The molecule has 1 unspecified atom stereocenters. The third-order valence-corrected chi connectivity index (χ3v) is 3.31. The van der Waals surface area contributed by atoms with E-state index in [9.17, 15) is 0 Å². The molecule has 0 saturated carbocycles. The molecule has 0 aliphatic heterocycles. The molecule has 0 fully saturated rings. The molecule has 1 atom stereocenters. The summed E-state index contributed by atoms with van der Waals surface area (Å²) in [6, 6.07) is 8.15. The Bertz CT molecular complexity index is 449. The van der Waals surface area contributed by atoms with Crippen molar-refractivity contribution in [2.24, 2.45) is 12.8 Å². The Kier molecular flexibility index (Phi) is 2.72. The van der Waals surface area contributed by atoms with Gasteiger partial charge in [0.2, 0.25) is 0 Å². The molecule has 80 valence electrons. The van der Waals surface area contributed by atoms with Gasteiger partial charge in [0.15, 0.2) is 0 Å². The van der Waals surface area contributed by atoms with E-state index in [2.05, 4.69) is 17.6 Å². The maximum absolute atomic E-state index is 6.36. The lowest BCUT2D eigenvalue weighted by atomic mass is 10.1. The SMILES string of the molecule is CC(CN)c1c(Cl)c2ccccc2n1C. The minimum Gasteiger partial charge on any atom is -0.346 e. The largest absolute Gasteiger partial charge is 0.346 e. The van der Waals surface area contributed by atoms with Crippen LogP contribution in [-0.2, 0) is 7.05 Å². The topological polar surface area (TPSA) is 30.9 Å². The maximum atomic E-state index is 6.36. The summed E-state index contributed by atoms with van der Waals surface area (Å²) in [6.45, 7) is 2.71. The summed E-state index contributed by atoms with van der Waals surface area (Å²) in [4.78, 5) is 0. The summed E-state index contributed by atoms with van der Waals surface area (Å²) in [5.74, 6) is 0.287. The number of halogens is 1. The summed E-state index contributed by atoms with van der Waals surface area (Å²) < 4.78 is 2.13. The lowest BCUT2D eigenvalue weighted by Crippen LogP contribution is -2.12. The second-order valence-corrected chi connectivity index (χ2v) is 4.29. The van der Waals surface area contributed by atoms with Gasteiger partial charge in [-0.25, -0.2) is 0 Å². The Hall–Kier alpha value is -0.990. The molecule has 0 aliphatic rings. The Labute approximate surface area is 94.6 Å². The van der Waals surface area contributed by atoms with Crippen LogP contribution in [-0.4, -0.2) is 11.1 Å². The second-order valence-electron chi connectivity index (χ2n) is 3.91. The molecular formula is C12H15ClN2. The number of rotatable bonds is 2. The lowest BCUT2D eigenvalue weighted by molar-refractivity contribution is 0.703. The normalized spacial score (nSPS) is 13.3. The molecule has 3 heteroatoms. The molecule has 1 aromatic heterocycles. The van der Waals surface area contributed by atoms with Crippen LogP contribution in [0.3, 0.4) is 0 Å². The highest BCUT2D eigenvalue weighted by atomic mass is 35.5. The van der Waals surface area contributed by atoms with Crippen molar-refractivity contribution in [3.8, 4) is 0 Å². The number of aryl methyl sites for hydroxylation is 1. The van der Waals surface area contributed by atoms with Gasteiger partial charge in [-0.2, -0.15) is 0 Å². The molecule has 2 rings (SSSR count). The number of hydrogen-bond donors (Lipinski definition) is 1. The molecular weight excluding hydrogens is 208 g/mol. The highest BCUT2D eigenvalue weighted by Crippen LogP contribution is 2.33. The van der Waals surface area contributed by atoms with Crippen LogP contribution in [0.25, 0.3) is 10.9 Å². The molecule has 2 N–H and O–H groups in total. The molecule has 0 aliphatic carbocycles. The van der Waals surface area contributed by atoms with Crippen molar-refractivity contribution >= 4 is 22.5 Å². The molecule has 1 heterocycles. The monoisotopic (exact) mass is 222 g/mol. The predicted octanol–water partition coefficient (Wildman–Crippen LogP) is 2.89. The van der Waals surface area contributed by atoms with Crippen LogP contribution in [0, 0.1) is 0 Å². The van der Waals surface area contributed by atoms with Crippen LogP contribution in [0.4, 0.5) is 0 Å². The van der Waals surface area contributed by atoms with Crippen LogP contribution in [0.15, 0.2) is 24.3 Å². The zero-order valence-electron chi connectivity index (χ0n) is 9.00. The first-order valence-electron chi connectivity index (χ1n) is 5.09. The van der Waals surface area contributed by atoms with E-state index >= 15 is 0 Å². The van der Waals surface area contributed by atoms with Gasteiger partial charge in [-0.1, -0.05) is 36.7 Å². The third-order valence-electron chi connectivity index (χ3n) is 2.91. The van der Waals surface area contributed by atoms with Gasteiger partial charge < -0.3 is 10.3 Å². The zero-order valence-corrected chi connectivity index (χ0v) is 9.75. The van der Waals surface area contributed by atoms with Crippen molar-refractivity contribution in [2.45, 2.75) is 12.8 Å². The van der Waals surface area contributed by atoms with E-state index < -0.39 is 0 Å². The molecule has 0 bridgehead atoms. The minimum atomic E-state index is 0.287. The number of hydrogen-bond acceptors (Lipinski definition) is 1. The van der Waals surface area contributed by atoms with E-state index in [1.165, 1.54) is 0 Å². The first-order chi connectivity index (χ1) is 7.16. The van der Waals surface area contributed by atoms with E-state index in [-0.39, 0.29) is 5.92 Å². The lowest BCUT2D eigenvalue weighted by Gasteiger charge is -2.11. The second kappa shape index (κ2) is 3.87. The molecule has 0 amide bonds. The first kappa shape index (κ1) is 10.5. The van der Waals surface area contributed by atoms with Crippen molar-refractivity contribution in [2.75, 3.05) is 6.54 Å². The quantitative estimate of drug-likeness (QED) is 0.833. The highest BCUT2D eigenvalue weighted by Gasteiger charge is 2.16. The van der Waals surface area contributed by atoms with Gasteiger partial charge in [-0.05, 0) is 6.07 Å². The van der Waals surface area contributed by atoms with Gasteiger partial charge in [0.05, 0.1) is 5.02 Å². The number of para-hydroxylation sites is 1. The van der Waals surface area contributed by atoms with Crippen LogP contribution < -0.4 is 5.73 Å². The number of fused-ring (bicyclic) bond motifs is 1. The number of aromatic nitrogens is 1. The van der Waals surface area contributed by atoms with Crippen LogP contribution in [0.1, 0.15) is 18.5 Å². The van der Waals surface area contributed by atoms with Gasteiger partial charge in [-0.15, -0.1) is 0 Å². The molecule has 0 saturated heterocycles. The molecule has 0 radical (unpaired) electrons. The van der Waals surface area contributed by atoms with Crippen molar-refractivity contribution in [1.29, 1.82) is 0 Å². The zero-order chi connectivity index (χ0) is 11.0. The van der Waals surface area contributed by atoms with Gasteiger partial charge in [0.1, 0.15) is 0 Å². The fourth-order valence-corrected chi connectivity index (χ4v) is 2.50. The number of benzene rings is 1. The molecule has 2 nitrogen and oxygen atoms in total. The molecule has 0 spiro atoms. The standard InChI is InChI=1S/C12H15ClN2/c1-8(7-14)12-11(13)9-5-3-4-6-10(9)15(12)2/h3-6,8H,7,14H2,1-2H3. The van der Waals surface area contributed by atoms with Crippen molar-refractivity contribution in [1.82, 2.24) is 4.57 Å². The van der Waals surface area contributed by atoms with Crippen molar-refractivity contribution in [3.05, 3.63) is 35.0 Å². The van der Waals surface area contributed by atoms with Gasteiger partial charge in [0.25, 0.3) is 0 Å². The fraction of sp³-hybridized carbons (Fsp3) is 0.333.